The van der Waals surface area contributed by atoms with Crippen LogP contribution in [0.15, 0.2) is 30.5 Å². The number of para-hydroxylation sites is 1. The molecule has 0 aliphatic carbocycles. The number of aromatic nitrogens is 1. The Hall–Kier alpha value is -2.95. The number of rotatable bonds is 14. The maximum Gasteiger partial charge on any atom is 0.269 e. The Balaban J connectivity index is 1.48. The van der Waals surface area contributed by atoms with Gasteiger partial charge in [-0.05, 0) is 49.1 Å². The molecule has 0 spiro atoms. The summed E-state index contributed by atoms with van der Waals surface area (Å²) in [4.78, 5) is 52.0. The molecule has 244 valence electrons. The molecule has 2 aromatic rings. The number of likely N-dealkylation sites (tertiary alicyclic amines) is 1. The Bertz CT molecular complexity index is 1240. The first-order valence-corrected chi connectivity index (χ1v) is 16.3. The number of amides is 3. The van der Waals surface area contributed by atoms with Crippen LogP contribution in [-0.2, 0) is 35.1 Å². The summed E-state index contributed by atoms with van der Waals surface area (Å²) in [6.07, 6.45) is 6.18. The highest BCUT2D eigenvalue weighted by molar-refractivity contribution is 5.90. The Labute approximate surface area is 262 Å². The lowest BCUT2D eigenvalue weighted by Gasteiger charge is -2.36. The van der Waals surface area contributed by atoms with Gasteiger partial charge in [-0.25, -0.2) is 5.06 Å². The maximum atomic E-state index is 13.9. The minimum absolute atomic E-state index is 0.0267. The third kappa shape index (κ3) is 7.82. The molecule has 4 rings (SSSR count). The minimum Gasteiger partial charge on any atom is -0.381 e. The number of ether oxygens (including phenoxy) is 2. The van der Waals surface area contributed by atoms with E-state index in [1.807, 2.05) is 42.3 Å². The van der Waals surface area contributed by atoms with E-state index in [-0.39, 0.29) is 35.8 Å². The van der Waals surface area contributed by atoms with Gasteiger partial charge in [0, 0.05) is 50.8 Å². The van der Waals surface area contributed by atoms with E-state index in [4.69, 9.17) is 14.3 Å². The van der Waals surface area contributed by atoms with Crippen LogP contribution in [-0.4, -0.2) is 90.9 Å². The molecule has 2 aliphatic heterocycles. The van der Waals surface area contributed by atoms with Crippen LogP contribution in [0.3, 0.4) is 0 Å². The van der Waals surface area contributed by atoms with Gasteiger partial charge in [-0.3, -0.25) is 19.2 Å². The van der Waals surface area contributed by atoms with Gasteiger partial charge in [-0.15, -0.1) is 0 Å². The zero-order valence-electron chi connectivity index (χ0n) is 27.3. The van der Waals surface area contributed by atoms with Gasteiger partial charge >= 0.3 is 0 Å². The quantitative estimate of drug-likeness (QED) is 0.325. The number of carbonyl (C=O) groups is 3. The summed E-state index contributed by atoms with van der Waals surface area (Å²) in [5.74, 6) is -0.439. The number of hydrogen-bond donors (Lipinski definition) is 2. The van der Waals surface area contributed by atoms with Crippen LogP contribution in [0.1, 0.15) is 71.8 Å². The fourth-order valence-electron chi connectivity index (χ4n) is 6.77. The summed E-state index contributed by atoms with van der Waals surface area (Å²) in [5.41, 5.74) is 1.92. The fraction of sp³-hybridized carbons (Fsp3) is 0.676. The summed E-state index contributed by atoms with van der Waals surface area (Å²) in [5, 5.41) is 5.45. The molecule has 0 saturated carbocycles. The number of nitrogens with one attached hydrogen (secondary N) is 2. The molecule has 3 heterocycles. The Kier molecular flexibility index (Phi) is 12.2. The van der Waals surface area contributed by atoms with Gasteiger partial charge in [0.25, 0.3) is 5.91 Å². The van der Waals surface area contributed by atoms with Crippen molar-refractivity contribution in [3.63, 3.8) is 0 Å². The standard InChI is InChI=1S/C34H52N4O6/c1-7-22(2)23(3)30(42-5)20-31(39)37-16-12-15-29(37)32(43-6)24(4)33(40)36-28(34(41)38-17-10-11-18-44-38)19-25-21-35-27-14-9-8-13-26(25)27/h8-9,13-14,21-24,28-30,32,35H,7,10-12,15-20H2,1-6H3,(H,36,40)/t22-,23-,24+,28-,29-,30+,32+/m0/s1. The van der Waals surface area contributed by atoms with Crippen molar-refractivity contribution in [2.45, 2.75) is 96.9 Å². The lowest BCUT2D eigenvalue weighted by atomic mass is 9.87. The van der Waals surface area contributed by atoms with Crippen LogP contribution >= 0.6 is 0 Å². The molecule has 2 fully saturated rings. The summed E-state index contributed by atoms with van der Waals surface area (Å²) >= 11 is 0. The number of fused-ring (bicyclic) bond motifs is 1. The molecule has 44 heavy (non-hydrogen) atoms. The highest BCUT2D eigenvalue weighted by atomic mass is 16.7. The van der Waals surface area contributed by atoms with Gasteiger partial charge in [-0.1, -0.05) is 52.3 Å². The summed E-state index contributed by atoms with van der Waals surface area (Å²) in [6.45, 7) is 9.90. The monoisotopic (exact) mass is 612 g/mol. The van der Waals surface area contributed by atoms with Crippen molar-refractivity contribution in [3.05, 3.63) is 36.0 Å². The van der Waals surface area contributed by atoms with E-state index in [9.17, 15) is 14.4 Å². The first kappa shape index (κ1) is 33.9. The molecule has 1 aromatic carbocycles. The van der Waals surface area contributed by atoms with Gasteiger partial charge in [0.1, 0.15) is 6.04 Å². The summed E-state index contributed by atoms with van der Waals surface area (Å²) in [7, 11) is 3.26. The average Bonchev–Trinajstić information content (AvgIpc) is 3.70. The van der Waals surface area contributed by atoms with Gasteiger partial charge in [0.05, 0.1) is 37.2 Å². The predicted octanol–water partition coefficient (Wildman–Crippen LogP) is 4.48. The van der Waals surface area contributed by atoms with Gasteiger partial charge in [0.15, 0.2) is 0 Å². The summed E-state index contributed by atoms with van der Waals surface area (Å²) < 4.78 is 11.7. The number of carbonyl (C=O) groups excluding carboxylic acids is 3. The van der Waals surface area contributed by atoms with Crippen molar-refractivity contribution in [2.24, 2.45) is 17.8 Å². The zero-order chi connectivity index (χ0) is 31.8. The van der Waals surface area contributed by atoms with E-state index < -0.39 is 18.1 Å². The Morgan fingerprint density at radius 3 is 2.52 bits per heavy atom. The normalized spacial score (nSPS) is 21.5. The predicted molar refractivity (Wildman–Crippen MR) is 170 cm³/mol. The molecule has 2 N–H and O–H groups in total. The molecule has 0 radical (unpaired) electrons. The number of hydrogen-bond acceptors (Lipinski definition) is 6. The second-order valence-electron chi connectivity index (χ2n) is 12.6. The molecule has 10 nitrogen and oxygen atoms in total. The lowest BCUT2D eigenvalue weighted by molar-refractivity contribution is -0.199. The van der Waals surface area contributed by atoms with Crippen LogP contribution in [0.2, 0.25) is 0 Å². The van der Waals surface area contributed by atoms with Crippen LogP contribution in [0.25, 0.3) is 10.9 Å². The highest BCUT2D eigenvalue weighted by Gasteiger charge is 2.41. The topological polar surface area (TPSA) is 113 Å². The number of hydroxylamine groups is 2. The summed E-state index contributed by atoms with van der Waals surface area (Å²) in [6, 6.07) is 6.86. The highest BCUT2D eigenvalue weighted by Crippen LogP contribution is 2.30. The molecule has 2 aliphatic rings. The van der Waals surface area contributed by atoms with Crippen LogP contribution in [0, 0.1) is 17.8 Å². The van der Waals surface area contributed by atoms with Crippen molar-refractivity contribution in [2.75, 3.05) is 33.9 Å². The molecule has 7 atom stereocenters. The molecule has 0 unspecified atom stereocenters. The third-order valence-electron chi connectivity index (χ3n) is 9.95. The van der Waals surface area contributed by atoms with E-state index in [0.717, 1.165) is 48.6 Å². The Morgan fingerprint density at radius 1 is 1.07 bits per heavy atom. The zero-order valence-corrected chi connectivity index (χ0v) is 27.3. The van der Waals surface area contributed by atoms with Crippen molar-refractivity contribution in [1.29, 1.82) is 0 Å². The van der Waals surface area contributed by atoms with Gasteiger partial charge in [0.2, 0.25) is 11.8 Å². The van der Waals surface area contributed by atoms with Gasteiger partial charge in [-0.2, -0.15) is 0 Å². The first-order chi connectivity index (χ1) is 21.2. The van der Waals surface area contributed by atoms with E-state index in [1.165, 1.54) is 5.06 Å². The van der Waals surface area contributed by atoms with Crippen LogP contribution in [0.4, 0.5) is 0 Å². The molecular weight excluding hydrogens is 560 g/mol. The Morgan fingerprint density at radius 2 is 1.84 bits per heavy atom. The molecule has 3 amide bonds. The number of aromatic amines is 1. The smallest absolute Gasteiger partial charge is 0.269 e. The molecular formula is C34H52N4O6. The molecule has 10 heteroatoms. The largest absolute Gasteiger partial charge is 0.381 e. The molecule has 0 bridgehead atoms. The number of benzene rings is 1. The SMILES string of the molecule is CC[C@H](C)[C@H](C)[C@@H](CC(=O)N1CCC[C@H]1[C@H](OC)[C@@H](C)C(=O)N[C@@H](Cc1c[nH]c2ccccc12)C(=O)N1CCCCO1)OC. The second-order valence-corrected chi connectivity index (χ2v) is 12.6. The van der Waals surface area contributed by atoms with E-state index in [1.54, 1.807) is 14.2 Å². The number of H-pyrrole nitrogens is 1. The molecule has 1 aromatic heterocycles. The van der Waals surface area contributed by atoms with Crippen molar-refractivity contribution in [3.8, 4) is 0 Å². The maximum absolute atomic E-state index is 13.9. The third-order valence-corrected chi connectivity index (χ3v) is 9.95. The number of nitrogens with zero attached hydrogens (tertiary/aromatic N) is 2. The van der Waals surface area contributed by atoms with Crippen LogP contribution in [0.5, 0.6) is 0 Å². The van der Waals surface area contributed by atoms with E-state index in [0.29, 0.717) is 38.5 Å². The van der Waals surface area contributed by atoms with Crippen molar-refractivity contribution >= 4 is 28.6 Å². The minimum atomic E-state index is -0.814. The van der Waals surface area contributed by atoms with E-state index in [2.05, 4.69) is 31.1 Å². The lowest BCUT2D eigenvalue weighted by Crippen LogP contribution is -2.55. The first-order valence-electron chi connectivity index (χ1n) is 16.3. The molecule has 2 saturated heterocycles. The van der Waals surface area contributed by atoms with Crippen molar-refractivity contribution in [1.82, 2.24) is 20.3 Å². The number of methoxy groups -OCH3 is 2. The second kappa shape index (κ2) is 15.9. The van der Waals surface area contributed by atoms with Gasteiger partial charge < -0.3 is 24.7 Å². The van der Waals surface area contributed by atoms with Crippen molar-refractivity contribution < 1.29 is 28.7 Å². The van der Waals surface area contributed by atoms with Crippen LogP contribution < -0.4 is 5.32 Å². The van der Waals surface area contributed by atoms with E-state index >= 15 is 0 Å². The fourth-order valence-corrected chi connectivity index (χ4v) is 6.77. The average molecular weight is 613 g/mol.